The first-order valence-corrected chi connectivity index (χ1v) is 6.59. The van der Waals surface area contributed by atoms with Crippen molar-refractivity contribution in [2.75, 3.05) is 30.4 Å². The molecule has 1 heterocycles. The van der Waals surface area contributed by atoms with Crippen LogP contribution in [0.5, 0.6) is 0 Å². The van der Waals surface area contributed by atoms with Gasteiger partial charge >= 0.3 is 5.69 Å². The van der Waals surface area contributed by atoms with E-state index in [1.807, 2.05) is 11.8 Å². The Kier molecular flexibility index (Phi) is 4.07. The predicted molar refractivity (Wildman–Crippen MR) is 77.1 cm³/mol. The van der Waals surface area contributed by atoms with Crippen molar-refractivity contribution >= 4 is 23.0 Å². The van der Waals surface area contributed by atoms with E-state index in [1.165, 1.54) is 0 Å². The topological polar surface area (TPSA) is 87.5 Å². The van der Waals surface area contributed by atoms with Crippen LogP contribution in [-0.2, 0) is 4.79 Å². The summed E-state index contributed by atoms with van der Waals surface area (Å²) in [7, 11) is 1.65. The standard InChI is InChI=1S/C13H18N4O3/c1-3-10-13(18)15-7-8-16(10)11-6-4-5-9(14-2)12(11)17(19)20/h4-6,10,14H,3,7-8H2,1-2H3,(H,15,18). The Morgan fingerprint density at radius 1 is 1.55 bits per heavy atom. The Balaban J connectivity index is 2.50. The second-order valence-corrected chi connectivity index (χ2v) is 4.59. The summed E-state index contributed by atoms with van der Waals surface area (Å²) in [4.78, 5) is 24.7. The van der Waals surface area contributed by atoms with Gasteiger partial charge in [0, 0.05) is 20.1 Å². The SMILES string of the molecule is CCC1C(=O)NCCN1c1cccc(NC)c1[N+](=O)[O-]. The average Bonchev–Trinajstić information content (AvgIpc) is 2.45. The first-order valence-electron chi connectivity index (χ1n) is 6.59. The molecule has 1 fully saturated rings. The van der Waals surface area contributed by atoms with Crippen LogP contribution in [0.25, 0.3) is 0 Å². The van der Waals surface area contributed by atoms with Crippen LogP contribution < -0.4 is 15.5 Å². The second-order valence-electron chi connectivity index (χ2n) is 4.59. The largest absolute Gasteiger partial charge is 0.382 e. The van der Waals surface area contributed by atoms with Crippen molar-refractivity contribution in [2.24, 2.45) is 0 Å². The van der Waals surface area contributed by atoms with Crippen LogP contribution in [0.1, 0.15) is 13.3 Å². The van der Waals surface area contributed by atoms with Crippen molar-refractivity contribution in [2.45, 2.75) is 19.4 Å². The number of carbonyl (C=O) groups excluding carboxylic acids is 1. The van der Waals surface area contributed by atoms with E-state index in [4.69, 9.17) is 0 Å². The van der Waals surface area contributed by atoms with Crippen molar-refractivity contribution in [3.05, 3.63) is 28.3 Å². The van der Waals surface area contributed by atoms with Crippen molar-refractivity contribution in [3.8, 4) is 0 Å². The molecule has 0 aliphatic carbocycles. The van der Waals surface area contributed by atoms with Gasteiger partial charge in [-0.05, 0) is 18.6 Å². The molecule has 20 heavy (non-hydrogen) atoms. The van der Waals surface area contributed by atoms with Crippen LogP contribution >= 0.6 is 0 Å². The number of nitrogens with one attached hydrogen (secondary N) is 2. The fourth-order valence-electron chi connectivity index (χ4n) is 2.57. The van der Waals surface area contributed by atoms with Gasteiger partial charge < -0.3 is 15.5 Å². The molecule has 1 aromatic carbocycles. The zero-order chi connectivity index (χ0) is 14.7. The average molecular weight is 278 g/mol. The second kappa shape index (κ2) is 5.77. The molecule has 1 aromatic rings. The highest BCUT2D eigenvalue weighted by molar-refractivity contribution is 5.89. The summed E-state index contributed by atoms with van der Waals surface area (Å²) >= 11 is 0. The van der Waals surface area contributed by atoms with Crippen molar-refractivity contribution < 1.29 is 9.72 Å². The highest BCUT2D eigenvalue weighted by Crippen LogP contribution is 2.36. The molecule has 1 unspecified atom stereocenters. The molecule has 1 aliphatic heterocycles. The van der Waals surface area contributed by atoms with Crippen LogP contribution in [0.15, 0.2) is 18.2 Å². The molecule has 1 aliphatic rings. The summed E-state index contributed by atoms with van der Waals surface area (Å²) < 4.78 is 0. The van der Waals surface area contributed by atoms with Crippen LogP contribution in [0.4, 0.5) is 17.1 Å². The van der Waals surface area contributed by atoms with Crippen LogP contribution in [0.3, 0.4) is 0 Å². The number of rotatable bonds is 4. The minimum absolute atomic E-state index is 0.0168. The fraction of sp³-hybridized carbons (Fsp3) is 0.462. The molecule has 0 radical (unpaired) electrons. The van der Waals surface area contributed by atoms with Gasteiger partial charge in [0.2, 0.25) is 5.91 Å². The zero-order valence-electron chi connectivity index (χ0n) is 11.5. The first kappa shape index (κ1) is 14.1. The molecular formula is C13H18N4O3. The summed E-state index contributed by atoms with van der Waals surface area (Å²) in [5.41, 5.74) is 0.958. The lowest BCUT2D eigenvalue weighted by molar-refractivity contribution is -0.383. The lowest BCUT2D eigenvalue weighted by Gasteiger charge is -2.36. The molecule has 108 valence electrons. The lowest BCUT2D eigenvalue weighted by Crippen LogP contribution is -2.55. The number of hydrogen-bond acceptors (Lipinski definition) is 5. The number of amides is 1. The van der Waals surface area contributed by atoms with E-state index in [0.717, 1.165) is 0 Å². The number of hydrogen-bond donors (Lipinski definition) is 2. The number of nitrogens with zero attached hydrogens (tertiary/aromatic N) is 2. The van der Waals surface area contributed by atoms with Crippen molar-refractivity contribution in [1.29, 1.82) is 0 Å². The Morgan fingerprint density at radius 3 is 2.90 bits per heavy atom. The van der Waals surface area contributed by atoms with Gasteiger partial charge in [-0.15, -0.1) is 0 Å². The van der Waals surface area contributed by atoms with E-state index in [1.54, 1.807) is 25.2 Å². The number of anilines is 2. The van der Waals surface area contributed by atoms with Gasteiger partial charge in [0.1, 0.15) is 17.4 Å². The molecule has 2 rings (SSSR count). The summed E-state index contributed by atoms with van der Waals surface area (Å²) in [6.45, 7) is 2.96. The normalized spacial score (nSPS) is 18.6. The van der Waals surface area contributed by atoms with Crippen molar-refractivity contribution in [3.63, 3.8) is 0 Å². The van der Waals surface area contributed by atoms with E-state index < -0.39 is 4.92 Å². The third-order valence-corrected chi connectivity index (χ3v) is 3.49. The molecule has 0 bridgehead atoms. The number of piperazine rings is 1. The quantitative estimate of drug-likeness (QED) is 0.641. The number of para-hydroxylation sites is 1. The molecule has 0 spiro atoms. The molecule has 2 N–H and O–H groups in total. The minimum Gasteiger partial charge on any atom is -0.382 e. The lowest BCUT2D eigenvalue weighted by atomic mass is 10.1. The van der Waals surface area contributed by atoms with E-state index in [-0.39, 0.29) is 17.6 Å². The van der Waals surface area contributed by atoms with E-state index >= 15 is 0 Å². The maximum absolute atomic E-state index is 11.9. The van der Waals surface area contributed by atoms with Gasteiger partial charge in [-0.25, -0.2) is 0 Å². The fourth-order valence-corrected chi connectivity index (χ4v) is 2.57. The smallest absolute Gasteiger partial charge is 0.315 e. The zero-order valence-corrected chi connectivity index (χ0v) is 11.5. The summed E-state index contributed by atoms with van der Waals surface area (Å²) in [5, 5.41) is 17.0. The summed E-state index contributed by atoms with van der Waals surface area (Å²) in [5.74, 6) is -0.0806. The monoisotopic (exact) mass is 278 g/mol. The third-order valence-electron chi connectivity index (χ3n) is 3.49. The first-order chi connectivity index (χ1) is 9.60. The maximum Gasteiger partial charge on any atom is 0.315 e. The molecule has 7 heteroatoms. The van der Waals surface area contributed by atoms with E-state index in [2.05, 4.69) is 10.6 Å². The highest BCUT2D eigenvalue weighted by Gasteiger charge is 2.33. The van der Waals surface area contributed by atoms with Crippen LogP contribution in [0.2, 0.25) is 0 Å². The predicted octanol–water partition coefficient (Wildman–Crippen LogP) is 1.35. The van der Waals surface area contributed by atoms with Crippen LogP contribution in [0, 0.1) is 10.1 Å². The number of carbonyl (C=O) groups is 1. The van der Waals surface area contributed by atoms with Crippen LogP contribution in [-0.4, -0.2) is 37.0 Å². The Labute approximate surface area is 117 Å². The molecular weight excluding hydrogens is 260 g/mol. The maximum atomic E-state index is 11.9. The number of nitro benzene ring substituents is 1. The molecule has 0 aromatic heterocycles. The molecule has 1 saturated heterocycles. The Morgan fingerprint density at radius 2 is 2.30 bits per heavy atom. The van der Waals surface area contributed by atoms with Crippen molar-refractivity contribution in [1.82, 2.24) is 5.32 Å². The van der Waals surface area contributed by atoms with Gasteiger partial charge in [0.25, 0.3) is 0 Å². The molecule has 1 atom stereocenters. The van der Waals surface area contributed by atoms with Gasteiger partial charge in [-0.2, -0.15) is 0 Å². The van der Waals surface area contributed by atoms with Gasteiger partial charge in [-0.1, -0.05) is 13.0 Å². The van der Waals surface area contributed by atoms with Gasteiger partial charge in [0.15, 0.2) is 0 Å². The van der Waals surface area contributed by atoms with Gasteiger partial charge in [0.05, 0.1) is 4.92 Å². The molecule has 7 nitrogen and oxygen atoms in total. The number of nitro groups is 1. The highest BCUT2D eigenvalue weighted by atomic mass is 16.6. The van der Waals surface area contributed by atoms with E-state index in [0.29, 0.717) is 30.9 Å². The van der Waals surface area contributed by atoms with E-state index in [9.17, 15) is 14.9 Å². The molecule has 1 amide bonds. The summed E-state index contributed by atoms with van der Waals surface area (Å²) in [6.07, 6.45) is 0.604. The summed E-state index contributed by atoms with van der Waals surface area (Å²) in [6, 6.07) is 4.75. The molecule has 0 saturated carbocycles. The Bertz CT molecular complexity index is 532. The Hall–Kier alpha value is -2.31. The third kappa shape index (κ3) is 2.38. The number of benzene rings is 1. The van der Waals surface area contributed by atoms with Gasteiger partial charge in [-0.3, -0.25) is 14.9 Å². The minimum atomic E-state index is -0.402.